The second-order valence-electron chi connectivity index (χ2n) is 5.53. The first-order valence-corrected chi connectivity index (χ1v) is 6.40. The number of rotatable bonds is 3. The van der Waals surface area contributed by atoms with Crippen LogP contribution in [0.1, 0.15) is 26.7 Å². The number of amides is 4. The van der Waals surface area contributed by atoms with Gasteiger partial charge in [-0.25, -0.2) is 9.59 Å². The average molecular weight is 283 g/mol. The summed E-state index contributed by atoms with van der Waals surface area (Å²) in [5, 5.41) is 11.5. The summed E-state index contributed by atoms with van der Waals surface area (Å²) in [7, 11) is 0. The molecule has 0 bridgehead atoms. The molecule has 0 aliphatic carbocycles. The predicted molar refractivity (Wildman–Crippen MR) is 66.7 cm³/mol. The van der Waals surface area contributed by atoms with Crippen LogP contribution in [0.3, 0.4) is 0 Å². The van der Waals surface area contributed by atoms with Crippen LogP contribution in [0.15, 0.2) is 0 Å². The maximum absolute atomic E-state index is 12.1. The molecule has 2 heterocycles. The van der Waals surface area contributed by atoms with E-state index in [4.69, 9.17) is 5.11 Å². The molecule has 0 aromatic rings. The molecule has 4 amide bonds. The van der Waals surface area contributed by atoms with E-state index in [0.717, 1.165) is 4.90 Å². The Labute approximate surface area is 115 Å². The Bertz CT molecular complexity index is 487. The predicted octanol–water partition coefficient (Wildman–Crippen LogP) is -0.608. The SMILES string of the molecule is CC1(C)NC(=O)N(CC(=O)N2CCC[C@@H]2C(=O)O)C1=O. The molecule has 1 atom stereocenters. The highest BCUT2D eigenvalue weighted by Crippen LogP contribution is 2.20. The third-order valence-electron chi connectivity index (χ3n) is 3.60. The molecule has 2 fully saturated rings. The maximum atomic E-state index is 12.1. The Balaban J connectivity index is 2.07. The van der Waals surface area contributed by atoms with Crippen molar-refractivity contribution in [1.82, 2.24) is 15.1 Å². The third-order valence-corrected chi connectivity index (χ3v) is 3.60. The summed E-state index contributed by atoms with van der Waals surface area (Å²) in [4.78, 5) is 48.8. The van der Waals surface area contributed by atoms with Gasteiger partial charge in [-0.05, 0) is 26.7 Å². The molecule has 2 aliphatic rings. The highest BCUT2D eigenvalue weighted by molar-refractivity contribution is 6.08. The smallest absolute Gasteiger partial charge is 0.326 e. The summed E-state index contributed by atoms with van der Waals surface area (Å²) < 4.78 is 0. The van der Waals surface area contributed by atoms with E-state index in [9.17, 15) is 19.2 Å². The minimum Gasteiger partial charge on any atom is -0.480 e. The molecule has 2 N–H and O–H groups in total. The number of carbonyl (C=O) groups is 4. The fourth-order valence-corrected chi connectivity index (χ4v) is 2.51. The summed E-state index contributed by atoms with van der Waals surface area (Å²) in [6.07, 6.45) is 1.00. The lowest BCUT2D eigenvalue weighted by Gasteiger charge is -2.23. The summed E-state index contributed by atoms with van der Waals surface area (Å²) in [5.41, 5.74) is -1.03. The highest BCUT2D eigenvalue weighted by atomic mass is 16.4. The van der Waals surface area contributed by atoms with Gasteiger partial charge in [0.15, 0.2) is 0 Å². The summed E-state index contributed by atoms with van der Waals surface area (Å²) in [5.74, 6) is -2.06. The zero-order valence-corrected chi connectivity index (χ0v) is 11.4. The fraction of sp³-hybridized carbons (Fsp3) is 0.667. The van der Waals surface area contributed by atoms with E-state index in [2.05, 4.69) is 5.32 Å². The lowest BCUT2D eigenvalue weighted by atomic mass is 10.1. The second kappa shape index (κ2) is 4.77. The number of carboxylic acids is 1. The lowest BCUT2D eigenvalue weighted by Crippen LogP contribution is -2.47. The molecule has 110 valence electrons. The lowest BCUT2D eigenvalue weighted by molar-refractivity contribution is -0.149. The number of likely N-dealkylation sites (tertiary alicyclic amines) is 1. The van der Waals surface area contributed by atoms with Crippen molar-refractivity contribution in [3.8, 4) is 0 Å². The summed E-state index contributed by atoms with van der Waals surface area (Å²) >= 11 is 0. The van der Waals surface area contributed by atoms with E-state index in [1.165, 1.54) is 4.90 Å². The van der Waals surface area contributed by atoms with Crippen molar-refractivity contribution in [3.63, 3.8) is 0 Å². The monoisotopic (exact) mass is 283 g/mol. The van der Waals surface area contributed by atoms with Crippen molar-refractivity contribution in [1.29, 1.82) is 0 Å². The molecule has 0 aromatic heterocycles. The molecular formula is C12H17N3O5. The van der Waals surface area contributed by atoms with E-state index in [1.54, 1.807) is 13.8 Å². The van der Waals surface area contributed by atoms with Gasteiger partial charge in [0.25, 0.3) is 5.91 Å². The van der Waals surface area contributed by atoms with Gasteiger partial charge in [-0.2, -0.15) is 0 Å². The van der Waals surface area contributed by atoms with Gasteiger partial charge < -0.3 is 15.3 Å². The number of carbonyl (C=O) groups excluding carboxylic acids is 3. The average Bonchev–Trinajstić information content (AvgIpc) is 2.88. The van der Waals surface area contributed by atoms with Gasteiger partial charge in [0, 0.05) is 6.54 Å². The van der Waals surface area contributed by atoms with Crippen LogP contribution in [0.4, 0.5) is 4.79 Å². The maximum Gasteiger partial charge on any atom is 0.326 e. The van der Waals surface area contributed by atoms with E-state index in [1.807, 2.05) is 0 Å². The van der Waals surface area contributed by atoms with Crippen LogP contribution in [0, 0.1) is 0 Å². The molecule has 8 heteroatoms. The van der Waals surface area contributed by atoms with Crippen LogP contribution >= 0.6 is 0 Å². The molecule has 0 aromatic carbocycles. The highest BCUT2D eigenvalue weighted by Gasteiger charge is 2.46. The summed E-state index contributed by atoms with van der Waals surface area (Å²) in [6, 6.07) is -1.49. The second-order valence-corrected chi connectivity index (χ2v) is 5.53. The summed E-state index contributed by atoms with van der Waals surface area (Å²) in [6.45, 7) is 3.02. The van der Waals surface area contributed by atoms with E-state index in [-0.39, 0.29) is 0 Å². The Morgan fingerprint density at radius 3 is 2.55 bits per heavy atom. The van der Waals surface area contributed by atoms with Crippen LogP contribution in [0.2, 0.25) is 0 Å². The van der Waals surface area contributed by atoms with Crippen molar-refractivity contribution in [3.05, 3.63) is 0 Å². The number of urea groups is 1. The number of hydrogen-bond acceptors (Lipinski definition) is 4. The number of aliphatic carboxylic acids is 1. The van der Waals surface area contributed by atoms with Crippen LogP contribution in [0.25, 0.3) is 0 Å². The topological polar surface area (TPSA) is 107 Å². The van der Waals surface area contributed by atoms with Gasteiger partial charge in [-0.15, -0.1) is 0 Å². The van der Waals surface area contributed by atoms with Crippen molar-refractivity contribution in [2.24, 2.45) is 0 Å². The van der Waals surface area contributed by atoms with Crippen molar-refractivity contribution < 1.29 is 24.3 Å². The van der Waals surface area contributed by atoms with Gasteiger partial charge in [0.05, 0.1) is 0 Å². The zero-order valence-electron chi connectivity index (χ0n) is 11.4. The molecule has 2 rings (SSSR count). The Morgan fingerprint density at radius 1 is 1.40 bits per heavy atom. The molecule has 0 unspecified atom stereocenters. The Morgan fingerprint density at radius 2 is 2.05 bits per heavy atom. The zero-order chi connectivity index (χ0) is 15.1. The number of imide groups is 1. The van der Waals surface area contributed by atoms with E-state index >= 15 is 0 Å². The van der Waals surface area contributed by atoms with Crippen molar-refractivity contribution in [2.75, 3.05) is 13.1 Å². The largest absolute Gasteiger partial charge is 0.480 e. The molecule has 20 heavy (non-hydrogen) atoms. The Kier molecular flexibility index (Phi) is 3.41. The number of nitrogens with zero attached hydrogens (tertiary/aromatic N) is 2. The van der Waals surface area contributed by atoms with Crippen molar-refractivity contribution in [2.45, 2.75) is 38.3 Å². The first-order valence-electron chi connectivity index (χ1n) is 6.40. The molecule has 8 nitrogen and oxygen atoms in total. The van der Waals surface area contributed by atoms with Gasteiger partial charge in [-0.1, -0.05) is 0 Å². The molecule has 2 aliphatic heterocycles. The molecule has 2 saturated heterocycles. The van der Waals surface area contributed by atoms with E-state index < -0.39 is 41.9 Å². The Hall–Kier alpha value is -2.12. The molecule has 0 spiro atoms. The van der Waals surface area contributed by atoms with Crippen molar-refractivity contribution >= 4 is 23.8 Å². The number of carboxylic acid groups (broad SMARTS) is 1. The fourth-order valence-electron chi connectivity index (χ4n) is 2.51. The van der Waals surface area contributed by atoms with Crippen LogP contribution in [-0.2, 0) is 14.4 Å². The van der Waals surface area contributed by atoms with Gasteiger partial charge in [0.2, 0.25) is 5.91 Å². The first kappa shape index (κ1) is 14.3. The number of hydrogen-bond donors (Lipinski definition) is 2. The minimum atomic E-state index is -1.06. The van der Waals surface area contributed by atoms with E-state index in [0.29, 0.717) is 19.4 Å². The molecule has 0 saturated carbocycles. The van der Waals surface area contributed by atoms with Gasteiger partial charge in [-0.3, -0.25) is 14.5 Å². The normalized spacial score (nSPS) is 25.0. The quantitative estimate of drug-likeness (QED) is 0.672. The van der Waals surface area contributed by atoms with Crippen LogP contribution in [-0.4, -0.2) is 63.4 Å². The van der Waals surface area contributed by atoms with Crippen LogP contribution < -0.4 is 5.32 Å². The first-order chi connectivity index (χ1) is 9.24. The minimum absolute atomic E-state index is 0.336. The molecular weight excluding hydrogens is 266 g/mol. The number of nitrogens with one attached hydrogen (secondary N) is 1. The molecule has 0 radical (unpaired) electrons. The standard InChI is InChI=1S/C12H17N3O5/c1-12(2)10(19)15(11(20)13-12)6-8(16)14-5-3-4-7(14)9(17)18/h7H,3-6H2,1-2H3,(H,13,20)(H,17,18)/t7-/m1/s1. The third kappa shape index (κ3) is 2.33. The van der Waals surface area contributed by atoms with Gasteiger partial charge in [0.1, 0.15) is 18.1 Å². The van der Waals surface area contributed by atoms with Gasteiger partial charge >= 0.3 is 12.0 Å². The van der Waals surface area contributed by atoms with Crippen LogP contribution in [0.5, 0.6) is 0 Å².